The first-order valence-electron chi connectivity index (χ1n) is 8.75. The third kappa shape index (κ3) is 4.26. The van der Waals surface area contributed by atoms with Crippen LogP contribution in [0.3, 0.4) is 0 Å². The highest BCUT2D eigenvalue weighted by molar-refractivity contribution is 7.79. The maximum absolute atomic E-state index is 14.7. The van der Waals surface area contributed by atoms with Crippen molar-refractivity contribution in [2.75, 3.05) is 36.0 Å². The number of benzene rings is 1. The summed E-state index contributed by atoms with van der Waals surface area (Å²) in [5, 5.41) is 11.2. The van der Waals surface area contributed by atoms with E-state index < -0.39 is 20.3 Å². The van der Waals surface area contributed by atoms with Gasteiger partial charge in [0.1, 0.15) is 11.9 Å². The molecular weight excluding hydrogens is 373 g/mol. The molecule has 0 spiro atoms. The van der Waals surface area contributed by atoms with Gasteiger partial charge >= 0.3 is 6.09 Å². The average Bonchev–Trinajstić information content (AvgIpc) is 2.94. The van der Waals surface area contributed by atoms with Crippen LogP contribution in [-0.4, -0.2) is 56.7 Å². The third-order valence-corrected chi connectivity index (χ3v) is 8.35. The van der Waals surface area contributed by atoms with Gasteiger partial charge in [-0.3, -0.25) is 4.90 Å². The zero-order valence-corrected chi connectivity index (χ0v) is 16.8. The Morgan fingerprint density at radius 2 is 2.12 bits per heavy atom. The Morgan fingerprint density at radius 3 is 2.73 bits per heavy atom. The summed E-state index contributed by atoms with van der Waals surface area (Å²) in [6, 6.07) is 7.21. The molecule has 2 saturated heterocycles. The Bertz CT molecular complexity index is 708. The van der Waals surface area contributed by atoms with Crippen LogP contribution in [0.4, 0.5) is 20.6 Å². The number of carbonyl (C=O) groups is 1. The van der Waals surface area contributed by atoms with Crippen molar-refractivity contribution in [2.45, 2.75) is 31.3 Å². The number of thiocarbonyl (C=S) groups is 1. The van der Waals surface area contributed by atoms with Crippen molar-refractivity contribution in [1.29, 1.82) is 0 Å². The standard InChI is InChI=1S/C17H24FN3O3SSi/c1-26(2)7-5-20(6-8-26)15-4-3-12(9-14(15)18)21-11-13(24-17(21)23)10-19-16(22)25/h3-4,9,13H,5-8,10-11H2,1-2H3,(H2,19,22,25). The molecule has 6 nitrogen and oxygen atoms in total. The number of nitrogens with zero attached hydrogens (tertiary/aromatic N) is 2. The van der Waals surface area contributed by atoms with Crippen molar-refractivity contribution in [2.24, 2.45) is 0 Å². The van der Waals surface area contributed by atoms with Gasteiger partial charge in [0.25, 0.3) is 5.17 Å². The van der Waals surface area contributed by atoms with Crippen molar-refractivity contribution < 1.29 is 19.0 Å². The molecule has 2 fully saturated rings. The summed E-state index contributed by atoms with van der Waals surface area (Å²) in [7, 11) is -1.11. The lowest BCUT2D eigenvalue weighted by molar-refractivity contribution is 0.142. The number of nitrogens with one attached hydrogen (secondary N) is 1. The lowest BCUT2D eigenvalue weighted by atomic mass is 10.2. The molecule has 0 saturated carbocycles. The summed E-state index contributed by atoms with van der Waals surface area (Å²) in [4.78, 5) is 15.5. The Kier molecular flexibility index (Phi) is 5.38. The van der Waals surface area contributed by atoms with E-state index in [9.17, 15) is 9.18 Å². The number of hydrogen-bond donors (Lipinski definition) is 2. The van der Waals surface area contributed by atoms with Crippen LogP contribution in [0, 0.1) is 5.82 Å². The van der Waals surface area contributed by atoms with E-state index in [1.54, 1.807) is 12.1 Å². The maximum atomic E-state index is 14.7. The predicted octanol–water partition coefficient (Wildman–Crippen LogP) is 3.11. The lowest BCUT2D eigenvalue weighted by Gasteiger charge is -2.37. The minimum absolute atomic E-state index is 0.214. The molecule has 9 heteroatoms. The predicted molar refractivity (Wildman–Crippen MR) is 107 cm³/mol. The molecule has 1 atom stereocenters. The highest BCUT2D eigenvalue weighted by Gasteiger charge is 2.33. The molecular formula is C17H24FN3O3SSi. The Balaban J connectivity index is 1.68. The van der Waals surface area contributed by atoms with E-state index in [4.69, 9.17) is 9.84 Å². The van der Waals surface area contributed by atoms with Crippen LogP contribution in [-0.2, 0) is 4.74 Å². The number of cyclic esters (lactones) is 1. The highest BCUT2D eigenvalue weighted by atomic mass is 32.1. The van der Waals surface area contributed by atoms with Gasteiger partial charge in [-0.25, -0.2) is 9.18 Å². The number of hydrogen-bond acceptors (Lipinski definition) is 4. The molecule has 0 bridgehead atoms. The van der Waals surface area contributed by atoms with E-state index in [2.05, 4.69) is 35.5 Å². The van der Waals surface area contributed by atoms with Gasteiger partial charge in [-0.1, -0.05) is 13.1 Å². The van der Waals surface area contributed by atoms with Crippen LogP contribution in [0.2, 0.25) is 25.2 Å². The number of ether oxygens (including phenoxy) is 1. The molecule has 2 aliphatic rings. The summed E-state index contributed by atoms with van der Waals surface area (Å²) in [6.45, 7) is 7.00. The second kappa shape index (κ2) is 7.40. The van der Waals surface area contributed by atoms with Crippen LogP contribution in [0.25, 0.3) is 0 Å². The molecule has 0 radical (unpaired) electrons. The molecule has 1 aromatic carbocycles. The van der Waals surface area contributed by atoms with Gasteiger partial charge in [0.2, 0.25) is 0 Å². The lowest BCUT2D eigenvalue weighted by Crippen LogP contribution is -2.43. The van der Waals surface area contributed by atoms with Gasteiger partial charge in [-0.2, -0.15) is 0 Å². The van der Waals surface area contributed by atoms with E-state index >= 15 is 0 Å². The normalized spacial score (nSPS) is 22.3. The van der Waals surface area contributed by atoms with Gasteiger partial charge in [-0.15, -0.1) is 0 Å². The molecule has 1 unspecified atom stereocenters. The minimum atomic E-state index is -1.11. The molecule has 0 aromatic heterocycles. The van der Waals surface area contributed by atoms with E-state index in [0.29, 0.717) is 11.4 Å². The van der Waals surface area contributed by atoms with Gasteiger partial charge < -0.3 is 20.1 Å². The topological polar surface area (TPSA) is 65.0 Å². The third-order valence-electron chi connectivity index (χ3n) is 5.06. The number of rotatable bonds is 4. The largest absolute Gasteiger partial charge is 0.487 e. The maximum Gasteiger partial charge on any atom is 0.414 e. The molecule has 1 aromatic rings. The van der Waals surface area contributed by atoms with E-state index in [1.165, 1.54) is 11.0 Å². The monoisotopic (exact) mass is 397 g/mol. The van der Waals surface area contributed by atoms with Crippen LogP contribution >= 0.6 is 12.2 Å². The Labute approximate surface area is 158 Å². The first-order chi connectivity index (χ1) is 12.2. The average molecular weight is 398 g/mol. The number of aliphatic hydroxyl groups excluding tert-OH is 1. The first kappa shape index (κ1) is 18.9. The van der Waals surface area contributed by atoms with Crippen LogP contribution in [0.15, 0.2) is 18.2 Å². The number of aliphatic hydroxyl groups is 1. The fraction of sp³-hybridized carbons (Fsp3) is 0.529. The number of halogens is 1. The number of amides is 1. The number of carbonyl (C=O) groups excluding carboxylic acids is 1. The zero-order valence-electron chi connectivity index (χ0n) is 15.0. The van der Waals surface area contributed by atoms with E-state index in [-0.39, 0.29) is 24.1 Å². The van der Waals surface area contributed by atoms with E-state index in [1.807, 2.05) is 0 Å². The molecule has 3 rings (SSSR count). The summed E-state index contributed by atoms with van der Waals surface area (Å²) in [5.41, 5.74) is 1.06. The van der Waals surface area contributed by atoms with Crippen LogP contribution in [0.1, 0.15) is 0 Å². The quantitative estimate of drug-likeness (QED) is 0.601. The van der Waals surface area contributed by atoms with Crippen molar-refractivity contribution >= 4 is 42.9 Å². The van der Waals surface area contributed by atoms with Crippen LogP contribution < -0.4 is 15.1 Å². The molecule has 1 amide bonds. The van der Waals surface area contributed by atoms with Crippen LogP contribution in [0.5, 0.6) is 0 Å². The van der Waals surface area contributed by atoms with Crippen molar-refractivity contribution in [1.82, 2.24) is 5.32 Å². The van der Waals surface area contributed by atoms with E-state index in [0.717, 1.165) is 25.2 Å². The SMILES string of the molecule is C[Si]1(C)CCN(c2ccc(N3CC(CNC(O)=S)OC3=O)cc2F)CC1. The van der Waals surface area contributed by atoms with Gasteiger partial charge in [0.05, 0.1) is 32.5 Å². The fourth-order valence-electron chi connectivity index (χ4n) is 3.31. The van der Waals surface area contributed by atoms with Gasteiger partial charge in [0, 0.05) is 13.1 Å². The molecule has 0 aliphatic carbocycles. The summed E-state index contributed by atoms with van der Waals surface area (Å²) in [5.74, 6) is -0.324. The zero-order chi connectivity index (χ0) is 18.9. The van der Waals surface area contributed by atoms with Gasteiger partial charge in [-0.05, 0) is 42.5 Å². The highest BCUT2D eigenvalue weighted by Crippen LogP contribution is 2.31. The molecule has 142 valence electrons. The summed E-state index contributed by atoms with van der Waals surface area (Å²) >= 11 is 4.53. The first-order valence-corrected chi connectivity index (χ1v) is 12.6. The minimum Gasteiger partial charge on any atom is -0.487 e. The molecule has 2 aliphatic heterocycles. The smallest absolute Gasteiger partial charge is 0.414 e. The van der Waals surface area contributed by atoms with Crippen molar-refractivity contribution in [3.05, 3.63) is 24.0 Å². The van der Waals surface area contributed by atoms with Crippen molar-refractivity contribution in [3.8, 4) is 0 Å². The molecule has 2 heterocycles. The molecule has 26 heavy (non-hydrogen) atoms. The number of anilines is 2. The second-order valence-electron chi connectivity index (χ2n) is 7.59. The summed E-state index contributed by atoms with van der Waals surface area (Å²) in [6.07, 6.45) is -0.983. The summed E-state index contributed by atoms with van der Waals surface area (Å²) < 4.78 is 19.9. The Hall–Kier alpha value is -1.87. The van der Waals surface area contributed by atoms with Gasteiger partial charge in [0.15, 0.2) is 0 Å². The fourth-order valence-corrected chi connectivity index (χ4v) is 5.40. The second-order valence-corrected chi connectivity index (χ2v) is 13.3. The molecule has 2 N–H and O–H groups in total. The van der Waals surface area contributed by atoms with Crippen molar-refractivity contribution in [3.63, 3.8) is 0 Å². The Morgan fingerprint density at radius 1 is 1.42 bits per heavy atom.